The molecule has 0 aromatic carbocycles. The molecule has 30 heavy (non-hydrogen) atoms. The zero-order chi connectivity index (χ0) is 22.2. The Bertz CT molecular complexity index is 1040. The summed E-state index contributed by atoms with van der Waals surface area (Å²) in [6.45, 7) is 6.16. The second-order valence-electron chi connectivity index (χ2n) is 7.10. The van der Waals surface area contributed by atoms with Gasteiger partial charge in [-0.25, -0.2) is 8.78 Å². The molecule has 2 N–H and O–H groups in total. The summed E-state index contributed by atoms with van der Waals surface area (Å²) < 4.78 is 33.2. The Balaban J connectivity index is 1.88. The van der Waals surface area contributed by atoms with Gasteiger partial charge in [0.1, 0.15) is 11.4 Å². The third-order valence-corrected chi connectivity index (χ3v) is 4.91. The highest BCUT2D eigenvalue weighted by Gasteiger charge is 2.42. The van der Waals surface area contributed by atoms with Crippen LogP contribution in [-0.2, 0) is 11.3 Å². The number of aromatic hydroxyl groups is 1. The molecule has 3 heterocycles. The van der Waals surface area contributed by atoms with E-state index in [0.29, 0.717) is 6.61 Å². The molecule has 1 aromatic rings. The third-order valence-electron chi connectivity index (χ3n) is 4.91. The second kappa shape index (κ2) is 8.23. The van der Waals surface area contributed by atoms with Crippen molar-refractivity contribution in [3.05, 3.63) is 63.6 Å². The van der Waals surface area contributed by atoms with Crippen LogP contribution < -0.4 is 10.7 Å². The predicted octanol–water partition coefficient (Wildman–Crippen LogP) is 1.77. The van der Waals surface area contributed by atoms with Gasteiger partial charge in [-0.2, -0.15) is 0 Å². The fourth-order valence-corrected chi connectivity index (χ4v) is 3.37. The number of hydrogen-bond acceptors (Lipinski definition) is 5. The third kappa shape index (κ3) is 3.90. The lowest BCUT2D eigenvalue weighted by Crippen LogP contribution is -2.49. The maximum atomic E-state index is 13.5. The highest BCUT2D eigenvalue weighted by atomic mass is 19.1. The first-order valence-electron chi connectivity index (χ1n) is 9.18. The zero-order valence-corrected chi connectivity index (χ0v) is 16.4. The first kappa shape index (κ1) is 21.4. The van der Waals surface area contributed by atoms with Gasteiger partial charge in [-0.15, -0.1) is 0 Å². The van der Waals surface area contributed by atoms with Crippen LogP contribution in [0.2, 0.25) is 0 Å². The van der Waals surface area contributed by atoms with Crippen LogP contribution in [0, 0.1) is 0 Å². The van der Waals surface area contributed by atoms with Crippen LogP contribution in [0.25, 0.3) is 0 Å². The summed E-state index contributed by atoms with van der Waals surface area (Å²) in [6, 6.07) is -0.213. The summed E-state index contributed by atoms with van der Waals surface area (Å²) in [7, 11) is 0. The van der Waals surface area contributed by atoms with E-state index in [1.54, 1.807) is 6.92 Å². The van der Waals surface area contributed by atoms with Gasteiger partial charge >= 0.3 is 0 Å². The Hall–Kier alpha value is -3.27. The lowest BCUT2D eigenvalue weighted by molar-refractivity contribution is 0.00624. The van der Waals surface area contributed by atoms with Crippen molar-refractivity contribution >= 4 is 11.8 Å². The van der Waals surface area contributed by atoms with Gasteiger partial charge in [0, 0.05) is 18.3 Å². The number of halogens is 2. The lowest BCUT2D eigenvalue weighted by Gasteiger charge is -2.33. The Morgan fingerprint density at radius 2 is 2.10 bits per heavy atom. The molecular weight excluding hydrogens is 400 g/mol. The predicted molar refractivity (Wildman–Crippen MR) is 103 cm³/mol. The van der Waals surface area contributed by atoms with E-state index in [1.165, 1.54) is 16.4 Å². The number of rotatable bonds is 5. The summed E-state index contributed by atoms with van der Waals surface area (Å²) in [5.41, 5.74) is -1.76. The molecule has 1 aromatic heterocycles. The molecule has 0 saturated carbocycles. The van der Waals surface area contributed by atoms with Crippen LogP contribution in [0.3, 0.4) is 0 Å². The number of ether oxygens (including phenoxy) is 1. The number of amides is 2. The molecular formula is C20H21F2N3O5. The number of nitrogens with one attached hydrogen (secondary N) is 1. The molecule has 0 spiro atoms. The highest BCUT2D eigenvalue weighted by Crippen LogP contribution is 2.29. The Morgan fingerprint density at radius 1 is 1.40 bits per heavy atom. The smallest absolute Gasteiger partial charge is 0.276 e. The van der Waals surface area contributed by atoms with E-state index in [0.717, 1.165) is 18.3 Å². The standard InChI is InChI=1S/C20H21F2N3O5/c1-10(21)4-5-13(12(3)22)6-23-19(28)14-7-24-8-15-25(11(2)9-30-15)20(29)16(24)18(27)17(14)26/h4-5,7,11,15,27H,3,6,8-9H2,1-2H3,(H,23,28)/b10-4+,13-5-/t11-,15+/m0/s1. The molecule has 2 aliphatic heterocycles. The number of fused-ring (bicyclic) bond motifs is 2. The minimum Gasteiger partial charge on any atom is -0.503 e. The van der Waals surface area contributed by atoms with Crippen LogP contribution in [0.15, 0.2) is 46.9 Å². The van der Waals surface area contributed by atoms with Crippen molar-refractivity contribution in [3.8, 4) is 5.75 Å². The summed E-state index contributed by atoms with van der Waals surface area (Å²) in [5, 5.41) is 12.7. The van der Waals surface area contributed by atoms with E-state index < -0.39 is 46.4 Å². The van der Waals surface area contributed by atoms with E-state index >= 15 is 0 Å². The molecule has 0 aliphatic carbocycles. The SMILES string of the molecule is C=C(F)/C(=C\C=C(/C)F)CNC(=O)c1cn2c(c(O)c1=O)C(=O)N1[C@@H](C)CO[C@@H]1C2. The quantitative estimate of drug-likeness (QED) is 0.706. The zero-order valence-electron chi connectivity index (χ0n) is 16.4. The largest absolute Gasteiger partial charge is 0.503 e. The van der Waals surface area contributed by atoms with Gasteiger partial charge in [-0.05, 0) is 19.9 Å². The molecule has 1 fully saturated rings. The van der Waals surface area contributed by atoms with Crippen LogP contribution >= 0.6 is 0 Å². The van der Waals surface area contributed by atoms with Gasteiger partial charge in [-0.3, -0.25) is 14.4 Å². The second-order valence-corrected chi connectivity index (χ2v) is 7.10. The number of hydrogen-bond donors (Lipinski definition) is 2. The molecule has 2 atom stereocenters. The van der Waals surface area contributed by atoms with Crippen LogP contribution in [0.1, 0.15) is 34.7 Å². The van der Waals surface area contributed by atoms with E-state index in [2.05, 4.69) is 11.9 Å². The Kier molecular flexibility index (Phi) is 5.88. The summed E-state index contributed by atoms with van der Waals surface area (Å²) in [4.78, 5) is 39.2. The van der Waals surface area contributed by atoms with Crippen LogP contribution in [0.5, 0.6) is 5.75 Å². The van der Waals surface area contributed by atoms with Gasteiger partial charge in [0.05, 0.1) is 25.0 Å². The molecule has 0 radical (unpaired) electrons. The van der Waals surface area contributed by atoms with Crippen LogP contribution in [-0.4, -0.2) is 51.8 Å². The lowest BCUT2D eigenvalue weighted by atomic mass is 10.1. The molecule has 10 heteroatoms. The molecule has 1 saturated heterocycles. The maximum Gasteiger partial charge on any atom is 0.276 e. The van der Waals surface area contributed by atoms with E-state index in [4.69, 9.17) is 4.74 Å². The molecule has 8 nitrogen and oxygen atoms in total. The number of carbonyl (C=O) groups is 2. The van der Waals surface area contributed by atoms with E-state index in [-0.39, 0.29) is 30.4 Å². The van der Waals surface area contributed by atoms with Crippen molar-refractivity contribution in [1.82, 2.24) is 14.8 Å². The van der Waals surface area contributed by atoms with Gasteiger partial charge in [0.25, 0.3) is 11.8 Å². The number of aromatic nitrogens is 1. The van der Waals surface area contributed by atoms with Crippen molar-refractivity contribution in [2.45, 2.75) is 32.7 Å². The molecule has 2 aliphatic rings. The minimum absolute atomic E-state index is 0.0956. The molecule has 160 valence electrons. The number of carbonyl (C=O) groups excluding carboxylic acids is 2. The van der Waals surface area contributed by atoms with Gasteiger partial charge in [-0.1, -0.05) is 12.7 Å². The van der Waals surface area contributed by atoms with Gasteiger partial charge < -0.3 is 24.6 Å². The maximum absolute atomic E-state index is 13.5. The average molecular weight is 421 g/mol. The van der Waals surface area contributed by atoms with Gasteiger partial charge in [0.15, 0.2) is 17.7 Å². The Labute approximate surface area is 170 Å². The molecule has 2 amide bonds. The number of allylic oxidation sites excluding steroid dienone is 3. The first-order chi connectivity index (χ1) is 14.1. The summed E-state index contributed by atoms with van der Waals surface area (Å²) >= 11 is 0. The first-order valence-corrected chi connectivity index (χ1v) is 9.18. The molecule has 0 bridgehead atoms. The molecule has 0 unspecified atom stereocenters. The van der Waals surface area contributed by atoms with Crippen molar-refractivity contribution < 1.29 is 28.2 Å². The van der Waals surface area contributed by atoms with Crippen LogP contribution in [0.4, 0.5) is 8.78 Å². The highest BCUT2D eigenvalue weighted by molar-refractivity contribution is 5.99. The Morgan fingerprint density at radius 3 is 2.73 bits per heavy atom. The van der Waals surface area contributed by atoms with Crippen molar-refractivity contribution in [1.29, 1.82) is 0 Å². The van der Waals surface area contributed by atoms with Gasteiger partial charge in [0.2, 0.25) is 5.43 Å². The number of nitrogens with zero attached hydrogens (tertiary/aromatic N) is 2. The van der Waals surface area contributed by atoms with E-state index in [1.807, 2.05) is 0 Å². The average Bonchev–Trinajstić information content (AvgIpc) is 3.04. The van der Waals surface area contributed by atoms with E-state index in [9.17, 15) is 28.3 Å². The monoisotopic (exact) mass is 421 g/mol. The number of pyridine rings is 1. The molecule has 3 rings (SSSR count). The summed E-state index contributed by atoms with van der Waals surface area (Å²) in [5.74, 6) is -3.75. The fraction of sp³-hybridized carbons (Fsp3) is 0.350. The van der Waals surface area contributed by atoms with Crippen molar-refractivity contribution in [3.63, 3.8) is 0 Å². The van der Waals surface area contributed by atoms with Crippen molar-refractivity contribution in [2.75, 3.05) is 13.2 Å². The van der Waals surface area contributed by atoms with Crippen molar-refractivity contribution in [2.24, 2.45) is 0 Å². The fourth-order valence-electron chi connectivity index (χ4n) is 3.37. The summed E-state index contributed by atoms with van der Waals surface area (Å²) in [6.07, 6.45) is 2.71. The topological polar surface area (TPSA) is 101 Å². The normalized spacial score (nSPS) is 21.3. The minimum atomic E-state index is -1.03.